The van der Waals surface area contributed by atoms with Crippen molar-refractivity contribution in [1.82, 2.24) is 14.9 Å². The number of alkyl halides is 1. The number of hydrogen-bond donors (Lipinski definition) is 1. The Bertz CT molecular complexity index is 313. The van der Waals surface area contributed by atoms with Gasteiger partial charge >= 0.3 is 0 Å². The third-order valence-corrected chi connectivity index (χ3v) is 3.12. The highest BCUT2D eigenvalue weighted by Crippen LogP contribution is 2.27. The van der Waals surface area contributed by atoms with Crippen LogP contribution in [0.3, 0.4) is 0 Å². The van der Waals surface area contributed by atoms with E-state index >= 15 is 0 Å². The highest BCUT2D eigenvalue weighted by atomic mass is 19.1. The monoisotopic (exact) mass is 211 g/mol. The number of aromatic nitrogens is 2. The van der Waals surface area contributed by atoms with Gasteiger partial charge in [0.05, 0.1) is 0 Å². The van der Waals surface area contributed by atoms with Crippen LogP contribution in [0.15, 0.2) is 12.4 Å². The second-order valence-corrected chi connectivity index (χ2v) is 4.39. The van der Waals surface area contributed by atoms with E-state index in [0.717, 1.165) is 25.3 Å². The first-order valence-corrected chi connectivity index (χ1v) is 5.55. The molecule has 1 fully saturated rings. The summed E-state index contributed by atoms with van der Waals surface area (Å²) < 4.78 is 16.4. The van der Waals surface area contributed by atoms with E-state index in [0.29, 0.717) is 19.3 Å². The predicted octanol–water partition coefficient (Wildman–Crippen LogP) is 1.44. The number of imidazole rings is 1. The first kappa shape index (κ1) is 10.6. The van der Waals surface area contributed by atoms with Crippen LogP contribution >= 0.6 is 0 Å². The SMILES string of the molecule is Cn1ccnc1CC1(F)CCCNCC1. The molecule has 3 nitrogen and oxygen atoms in total. The summed E-state index contributed by atoms with van der Waals surface area (Å²) >= 11 is 0. The van der Waals surface area contributed by atoms with E-state index in [1.165, 1.54) is 0 Å². The zero-order valence-electron chi connectivity index (χ0n) is 9.17. The van der Waals surface area contributed by atoms with Gasteiger partial charge in [-0.1, -0.05) is 0 Å². The molecule has 0 amide bonds. The maximum atomic E-state index is 14.5. The van der Waals surface area contributed by atoms with Crippen molar-refractivity contribution in [2.75, 3.05) is 13.1 Å². The number of rotatable bonds is 2. The molecule has 1 aromatic rings. The summed E-state index contributed by atoms with van der Waals surface area (Å²) in [5, 5.41) is 3.23. The largest absolute Gasteiger partial charge is 0.338 e. The Morgan fingerprint density at radius 2 is 2.40 bits per heavy atom. The predicted molar refractivity (Wildman–Crippen MR) is 57.5 cm³/mol. The van der Waals surface area contributed by atoms with Crippen LogP contribution in [0.2, 0.25) is 0 Å². The molecule has 1 atom stereocenters. The minimum Gasteiger partial charge on any atom is -0.338 e. The Morgan fingerprint density at radius 3 is 3.13 bits per heavy atom. The van der Waals surface area contributed by atoms with Gasteiger partial charge < -0.3 is 9.88 Å². The highest BCUT2D eigenvalue weighted by Gasteiger charge is 2.31. The van der Waals surface area contributed by atoms with Gasteiger partial charge in [-0.2, -0.15) is 0 Å². The molecule has 0 aromatic carbocycles. The van der Waals surface area contributed by atoms with Gasteiger partial charge in [0.25, 0.3) is 0 Å². The molecule has 0 spiro atoms. The van der Waals surface area contributed by atoms with Crippen molar-refractivity contribution in [3.05, 3.63) is 18.2 Å². The van der Waals surface area contributed by atoms with Crippen LogP contribution in [0, 0.1) is 0 Å². The lowest BCUT2D eigenvalue weighted by Crippen LogP contribution is -2.28. The number of aryl methyl sites for hydroxylation is 1. The summed E-state index contributed by atoms with van der Waals surface area (Å²) in [4.78, 5) is 4.19. The number of nitrogens with one attached hydrogen (secondary N) is 1. The Hall–Kier alpha value is -0.900. The van der Waals surface area contributed by atoms with Crippen LogP contribution in [-0.4, -0.2) is 28.3 Å². The summed E-state index contributed by atoms with van der Waals surface area (Å²) in [5.74, 6) is 0.847. The molecule has 0 radical (unpaired) electrons. The summed E-state index contributed by atoms with van der Waals surface area (Å²) in [6.07, 6.45) is 6.20. The van der Waals surface area contributed by atoms with Gasteiger partial charge in [0, 0.05) is 25.9 Å². The fraction of sp³-hybridized carbons (Fsp3) is 0.727. The molecule has 1 aromatic heterocycles. The van der Waals surface area contributed by atoms with Crippen LogP contribution in [0.25, 0.3) is 0 Å². The van der Waals surface area contributed by atoms with Gasteiger partial charge in [-0.25, -0.2) is 9.37 Å². The molecule has 0 saturated carbocycles. The Balaban J connectivity index is 2.05. The lowest BCUT2D eigenvalue weighted by molar-refractivity contribution is 0.140. The Labute approximate surface area is 89.7 Å². The number of nitrogens with zero attached hydrogens (tertiary/aromatic N) is 2. The first-order valence-electron chi connectivity index (χ1n) is 5.55. The summed E-state index contributed by atoms with van der Waals surface area (Å²) in [7, 11) is 1.92. The van der Waals surface area contributed by atoms with Crippen molar-refractivity contribution in [2.45, 2.75) is 31.4 Å². The van der Waals surface area contributed by atoms with Crippen LogP contribution in [0.5, 0.6) is 0 Å². The van der Waals surface area contributed by atoms with Crippen LogP contribution in [0.1, 0.15) is 25.1 Å². The second-order valence-electron chi connectivity index (χ2n) is 4.39. The summed E-state index contributed by atoms with van der Waals surface area (Å²) in [5.41, 5.74) is -1.07. The van der Waals surface area contributed by atoms with Gasteiger partial charge in [-0.3, -0.25) is 0 Å². The molecule has 0 bridgehead atoms. The number of halogens is 1. The zero-order chi connectivity index (χ0) is 10.7. The molecular weight excluding hydrogens is 193 g/mol. The molecule has 1 saturated heterocycles. The maximum Gasteiger partial charge on any atom is 0.119 e. The fourth-order valence-electron chi connectivity index (χ4n) is 2.12. The zero-order valence-corrected chi connectivity index (χ0v) is 9.17. The molecule has 4 heteroatoms. The minimum atomic E-state index is -1.07. The van der Waals surface area contributed by atoms with Crippen molar-refractivity contribution >= 4 is 0 Å². The smallest absolute Gasteiger partial charge is 0.119 e. The summed E-state index contributed by atoms with van der Waals surface area (Å²) in [6, 6.07) is 0. The van der Waals surface area contributed by atoms with E-state index < -0.39 is 5.67 Å². The molecule has 1 aliphatic heterocycles. The summed E-state index contributed by atoms with van der Waals surface area (Å²) in [6.45, 7) is 1.72. The van der Waals surface area contributed by atoms with E-state index in [9.17, 15) is 4.39 Å². The van der Waals surface area contributed by atoms with Crippen molar-refractivity contribution in [3.8, 4) is 0 Å². The molecule has 15 heavy (non-hydrogen) atoms. The van der Waals surface area contributed by atoms with Gasteiger partial charge in [0.15, 0.2) is 0 Å². The van der Waals surface area contributed by atoms with E-state index in [1.54, 1.807) is 6.20 Å². The fourth-order valence-corrected chi connectivity index (χ4v) is 2.12. The molecule has 1 aliphatic rings. The second kappa shape index (κ2) is 4.31. The van der Waals surface area contributed by atoms with Crippen LogP contribution < -0.4 is 5.32 Å². The van der Waals surface area contributed by atoms with Gasteiger partial charge in [-0.05, 0) is 32.4 Å². The van der Waals surface area contributed by atoms with Crippen LogP contribution in [0.4, 0.5) is 4.39 Å². The average molecular weight is 211 g/mol. The maximum absolute atomic E-state index is 14.5. The topological polar surface area (TPSA) is 29.9 Å². The van der Waals surface area contributed by atoms with Crippen LogP contribution in [-0.2, 0) is 13.5 Å². The third-order valence-electron chi connectivity index (χ3n) is 3.12. The number of hydrogen-bond acceptors (Lipinski definition) is 2. The molecule has 2 rings (SSSR count). The van der Waals surface area contributed by atoms with E-state index in [1.807, 2.05) is 17.8 Å². The van der Waals surface area contributed by atoms with E-state index in [-0.39, 0.29) is 0 Å². The Kier molecular flexibility index (Phi) is 3.05. The van der Waals surface area contributed by atoms with Crippen molar-refractivity contribution < 1.29 is 4.39 Å². The lowest BCUT2D eigenvalue weighted by atomic mass is 9.93. The van der Waals surface area contributed by atoms with Gasteiger partial charge in [0.2, 0.25) is 0 Å². The normalized spacial score (nSPS) is 27.6. The lowest BCUT2D eigenvalue weighted by Gasteiger charge is -2.22. The third kappa shape index (κ3) is 2.56. The van der Waals surface area contributed by atoms with Crippen molar-refractivity contribution in [3.63, 3.8) is 0 Å². The minimum absolute atomic E-state index is 0.443. The molecule has 2 heterocycles. The first-order chi connectivity index (χ1) is 7.20. The quantitative estimate of drug-likeness (QED) is 0.802. The van der Waals surface area contributed by atoms with Crippen molar-refractivity contribution in [1.29, 1.82) is 0 Å². The standard InChI is InChI=1S/C11H18FN3/c1-15-8-7-14-10(15)9-11(12)3-2-5-13-6-4-11/h7-8,13H,2-6,9H2,1H3. The van der Waals surface area contributed by atoms with Crippen molar-refractivity contribution in [2.24, 2.45) is 7.05 Å². The van der Waals surface area contributed by atoms with Gasteiger partial charge in [0.1, 0.15) is 11.5 Å². The molecular formula is C11H18FN3. The Morgan fingerprint density at radius 1 is 1.53 bits per heavy atom. The molecule has 0 aliphatic carbocycles. The molecule has 1 N–H and O–H groups in total. The van der Waals surface area contributed by atoms with E-state index in [4.69, 9.17) is 0 Å². The molecule has 84 valence electrons. The highest BCUT2D eigenvalue weighted by molar-refractivity contribution is 4.99. The molecule has 1 unspecified atom stereocenters. The average Bonchev–Trinajstić information content (AvgIpc) is 2.48. The van der Waals surface area contributed by atoms with E-state index in [2.05, 4.69) is 10.3 Å². The van der Waals surface area contributed by atoms with Gasteiger partial charge in [-0.15, -0.1) is 0 Å².